The summed E-state index contributed by atoms with van der Waals surface area (Å²) in [4.78, 5) is 24.3. The first-order valence-corrected chi connectivity index (χ1v) is 9.96. The van der Waals surface area contributed by atoms with E-state index in [1.54, 1.807) is 17.0 Å². The van der Waals surface area contributed by atoms with E-state index in [1.807, 2.05) is 0 Å². The molecule has 2 fully saturated rings. The fourth-order valence-corrected chi connectivity index (χ4v) is 4.26. The molecule has 1 heterocycles. The zero-order valence-electron chi connectivity index (χ0n) is 15.6. The van der Waals surface area contributed by atoms with Gasteiger partial charge in [-0.1, -0.05) is 11.6 Å². The lowest BCUT2D eigenvalue weighted by Gasteiger charge is -2.21. The monoisotopic (exact) mass is 405 g/mol. The highest BCUT2D eigenvalue weighted by Gasteiger charge is 2.30. The molecule has 0 bridgehead atoms. The van der Waals surface area contributed by atoms with Crippen molar-refractivity contribution in [2.24, 2.45) is 5.92 Å². The number of carbonyl (C=O) groups is 1. The van der Waals surface area contributed by atoms with Crippen LogP contribution in [0.4, 0.5) is 11.4 Å². The van der Waals surface area contributed by atoms with Crippen molar-refractivity contribution >= 4 is 28.9 Å². The van der Waals surface area contributed by atoms with E-state index in [2.05, 4.69) is 16.7 Å². The van der Waals surface area contributed by atoms with E-state index in [0.717, 1.165) is 44.3 Å². The molecular weight excluding hydrogens is 382 g/mol. The molecule has 2 aliphatic rings. The molecule has 3 rings (SSSR count). The lowest BCUT2D eigenvalue weighted by molar-refractivity contribution is -0.384. The third-order valence-corrected chi connectivity index (χ3v) is 5.85. The number of carbonyl (C=O) groups excluding carboxylic acids is 1. The normalized spacial score (nSPS) is 24.1. The largest absolute Gasteiger partial charge is 0.385 e. The van der Waals surface area contributed by atoms with Gasteiger partial charge in [-0.3, -0.25) is 14.9 Å². The van der Waals surface area contributed by atoms with E-state index in [0.29, 0.717) is 18.5 Å². The van der Waals surface area contributed by atoms with Crippen LogP contribution in [-0.4, -0.2) is 47.4 Å². The molecule has 1 aliphatic carbocycles. The zero-order chi connectivity index (χ0) is 20.1. The molecule has 1 amide bonds. The molecule has 0 spiro atoms. The number of nitriles is 1. The summed E-state index contributed by atoms with van der Waals surface area (Å²) in [7, 11) is 0. The lowest BCUT2D eigenvalue weighted by atomic mass is 10.1. The molecular formula is C19H24ClN5O3. The van der Waals surface area contributed by atoms with Crippen molar-refractivity contribution in [3.8, 4) is 6.07 Å². The molecule has 0 aromatic heterocycles. The number of nitrogens with zero attached hydrogens (tertiary/aromatic N) is 3. The van der Waals surface area contributed by atoms with Crippen molar-refractivity contribution in [3.05, 3.63) is 33.3 Å². The summed E-state index contributed by atoms with van der Waals surface area (Å²) in [6, 6.07) is 6.86. The number of anilines is 1. The number of rotatable bonds is 7. The number of nitro benzene ring substituents is 1. The van der Waals surface area contributed by atoms with Crippen molar-refractivity contribution in [1.82, 2.24) is 10.2 Å². The van der Waals surface area contributed by atoms with Crippen molar-refractivity contribution in [2.75, 3.05) is 25.0 Å². The summed E-state index contributed by atoms with van der Waals surface area (Å²) < 4.78 is 0. The molecule has 1 saturated carbocycles. The van der Waals surface area contributed by atoms with Crippen LogP contribution in [-0.2, 0) is 4.79 Å². The van der Waals surface area contributed by atoms with Crippen molar-refractivity contribution in [2.45, 2.75) is 44.2 Å². The van der Waals surface area contributed by atoms with Gasteiger partial charge in [0.1, 0.15) is 11.1 Å². The summed E-state index contributed by atoms with van der Waals surface area (Å²) in [5.74, 6) is 0.464. The van der Waals surface area contributed by atoms with Gasteiger partial charge in [-0.25, -0.2) is 0 Å². The van der Waals surface area contributed by atoms with Crippen LogP contribution in [0.2, 0.25) is 5.02 Å². The van der Waals surface area contributed by atoms with Crippen LogP contribution in [0.25, 0.3) is 0 Å². The Hall–Kier alpha value is -2.37. The summed E-state index contributed by atoms with van der Waals surface area (Å²) in [6.07, 6.45) is 4.68. The number of nitrogens with one attached hydrogen (secondary N) is 2. The van der Waals surface area contributed by atoms with Crippen molar-refractivity contribution in [1.29, 1.82) is 5.26 Å². The van der Waals surface area contributed by atoms with Gasteiger partial charge in [-0.05, 0) is 50.2 Å². The Kier molecular flexibility index (Phi) is 6.70. The van der Waals surface area contributed by atoms with Gasteiger partial charge in [-0.2, -0.15) is 5.26 Å². The minimum atomic E-state index is -0.498. The minimum Gasteiger partial charge on any atom is -0.385 e. The second-order valence-electron chi connectivity index (χ2n) is 7.44. The molecule has 1 aromatic carbocycles. The molecule has 28 heavy (non-hydrogen) atoms. The molecule has 9 heteroatoms. The predicted octanol–water partition coefficient (Wildman–Crippen LogP) is 2.93. The zero-order valence-corrected chi connectivity index (χ0v) is 16.3. The highest BCUT2D eigenvalue weighted by Crippen LogP contribution is 2.29. The van der Waals surface area contributed by atoms with E-state index in [-0.39, 0.29) is 29.2 Å². The van der Waals surface area contributed by atoms with Gasteiger partial charge < -0.3 is 15.5 Å². The maximum atomic E-state index is 12.3. The van der Waals surface area contributed by atoms with E-state index in [9.17, 15) is 14.9 Å². The SMILES string of the molecule is N#C[C@@H]1CCCN1C(=O)CN[C@@H]1CC[C@@H](CNc2ccc([N+](=O)[O-])c(Cl)c2)C1. The first-order chi connectivity index (χ1) is 13.5. The fourth-order valence-electron chi connectivity index (χ4n) is 4.01. The molecule has 1 aliphatic heterocycles. The number of likely N-dealkylation sites (tertiary alicyclic amines) is 1. The smallest absolute Gasteiger partial charge is 0.288 e. The molecule has 0 unspecified atom stereocenters. The van der Waals surface area contributed by atoms with Gasteiger partial charge in [0.15, 0.2) is 0 Å². The van der Waals surface area contributed by atoms with Gasteiger partial charge in [-0.15, -0.1) is 0 Å². The molecule has 3 atom stereocenters. The van der Waals surface area contributed by atoms with Crippen molar-refractivity contribution < 1.29 is 9.72 Å². The fraction of sp³-hybridized carbons (Fsp3) is 0.579. The Morgan fingerprint density at radius 2 is 2.21 bits per heavy atom. The molecule has 0 radical (unpaired) electrons. The van der Waals surface area contributed by atoms with Crippen LogP contribution in [0.15, 0.2) is 18.2 Å². The standard InChI is InChI=1S/C19H24ClN5O3/c20-17-9-15(5-6-18(17)25(27)28)22-11-13-3-4-14(8-13)23-12-19(26)24-7-1-2-16(24)10-21/h5-6,9,13-14,16,22-23H,1-4,7-8,11-12H2/t13-,14-,16+/m1/s1. The third kappa shape index (κ3) is 4.91. The second kappa shape index (κ2) is 9.22. The Balaban J connectivity index is 1.41. The number of nitro groups is 1. The van der Waals surface area contributed by atoms with E-state index in [1.165, 1.54) is 6.07 Å². The van der Waals surface area contributed by atoms with Gasteiger partial charge in [0.2, 0.25) is 5.91 Å². The second-order valence-corrected chi connectivity index (χ2v) is 7.84. The van der Waals surface area contributed by atoms with Gasteiger partial charge in [0.05, 0.1) is 17.5 Å². The molecule has 1 saturated heterocycles. The summed E-state index contributed by atoms with van der Waals surface area (Å²) in [5, 5.41) is 26.7. The Bertz CT molecular complexity index is 781. The average molecular weight is 406 g/mol. The summed E-state index contributed by atoms with van der Waals surface area (Å²) >= 11 is 5.94. The van der Waals surface area contributed by atoms with Crippen LogP contribution < -0.4 is 10.6 Å². The van der Waals surface area contributed by atoms with Crippen LogP contribution in [0.3, 0.4) is 0 Å². The topological polar surface area (TPSA) is 111 Å². The maximum absolute atomic E-state index is 12.3. The Morgan fingerprint density at radius 1 is 1.39 bits per heavy atom. The number of halogens is 1. The van der Waals surface area contributed by atoms with E-state index < -0.39 is 4.92 Å². The van der Waals surface area contributed by atoms with E-state index in [4.69, 9.17) is 16.9 Å². The number of hydrogen-bond acceptors (Lipinski definition) is 6. The predicted molar refractivity (Wildman–Crippen MR) is 106 cm³/mol. The minimum absolute atomic E-state index is 0.00569. The van der Waals surface area contributed by atoms with Gasteiger partial charge >= 0.3 is 0 Å². The first kappa shape index (κ1) is 20.4. The quantitative estimate of drug-likeness (QED) is 0.533. The maximum Gasteiger partial charge on any atom is 0.288 e. The van der Waals surface area contributed by atoms with Gasteiger partial charge in [0.25, 0.3) is 5.69 Å². The Morgan fingerprint density at radius 3 is 2.93 bits per heavy atom. The van der Waals surface area contributed by atoms with Crippen LogP contribution >= 0.6 is 11.6 Å². The summed E-state index contributed by atoms with van der Waals surface area (Å²) in [5.41, 5.74) is 0.664. The number of amides is 1. The van der Waals surface area contributed by atoms with E-state index >= 15 is 0 Å². The van der Waals surface area contributed by atoms with Crippen molar-refractivity contribution in [3.63, 3.8) is 0 Å². The first-order valence-electron chi connectivity index (χ1n) is 9.58. The highest BCUT2D eigenvalue weighted by molar-refractivity contribution is 6.32. The number of benzene rings is 1. The molecule has 2 N–H and O–H groups in total. The highest BCUT2D eigenvalue weighted by atomic mass is 35.5. The lowest BCUT2D eigenvalue weighted by Crippen LogP contribution is -2.43. The Labute approximate surface area is 169 Å². The number of hydrogen-bond donors (Lipinski definition) is 2. The molecule has 1 aromatic rings. The molecule has 8 nitrogen and oxygen atoms in total. The van der Waals surface area contributed by atoms with Crippen LogP contribution in [0.1, 0.15) is 32.1 Å². The van der Waals surface area contributed by atoms with Gasteiger partial charge in [0, 0.05) is 30.9 Å². The van der Waals surface area contributed by atoms with Crippen LogP contribution in [0, 0.1) is 27.4 Å². The van der Waals surface area contributed by atoms with Crippen LogP contribution in [0.5, 0.6) is 0 Å². The summed E-state index contributed by atoms with van der Waals surface area (Å²) in [6.45, 7) is 1.71. The third-order valence-electron chi connectivity index (χ3n) is 5.54. The average Bonchev–Trinajstić information content (AvgIpc) is 3.33. The molecule has 150 valence electrons.